The number of pyridine rings is 3. The maximum absolute atomic E-state index is 13.6. The molecule has 9 aromatic rings. The van der Waals surface area contributed by atoms with Crippen LogP contribution >= 0.6 is 11.6 Å². The molecule has 6 fully saturated rings. The molecule has 3 aliphatic carbocycles. The molecule has 15 rings (SSSR count). The van der Waals surface area contributed by atoms with E-state index in [1.807, 2.05) is 18.3 Å². The summed E-state index contributed by atoms with van der Waals surface area (Å²) in [5.74, 6) is 1.25. The number of nitrogen functional groups attached to an aromatic ring is 1. The molecule has 3 atom stereocenters. The van der Waals surface area contributed by atoms with Gasteiger partial charge in [0.25, 0.3) is 34.4 Å². The number of aromatic nitrogens is 12. The van der Waals surface area contributed by atoms with Gasteiger partial charge in [-0.15, -0.1) is 0 Å². The van der Waals surface area contributed by atoms with Crippen LogP contribution in [0.25, 0.3) is 16.9 Å². The fourth-order valence-corrected chi connectivity index (χ4v) is 14.5. The minimum absolute atomic E-state index is 0.0245. The Morgan fingerprint density at radius 3 is 1.26 bits per heavy atom. The van der Waals surface area contributed by atoms with Crippen LogP contribution in [0.2, 0.25) is 5.15 Å². The number of ether oxygens (including phenoxy) is 2. The molecular weight excluding hydrogens is 1560 g/mol. The molecule has 3 saturated carbocycles. The van der Waals surface area contributed by atoms with Gasteiger partial charge in [0.05, 0.1) is 42.5 Å². The molecule has 6 aliphatic rings. The standard InChI is InChI=1S/C29H37N9O4.C24H29N9O2.C16H20ClN5O3.C13H18N4O/c1-29(2,3)42-28(41)35(4)24-16-23(34-25-21(17-31-38(24)25)26(39)32-19-10-11-19)33-22-9-6-15-37(27(22)40)20-8-5-13-36(18-20)14-7-12-30;1-26-21-13-20(30-22-18(14-27-33(21)22)23(34)28-16-7-8-16)29-19-6-3-12-32(24(19)35)17-5-2-10-31(15-17)11-4-9-25;1-16(2,3)25-15(24)21(4)12-7-11(17)20-13-10(8-18-22(12)13)14(23)19-9-5-6-9;14-6-3-8-16-7-1-4-11(10-16)17-9-2-5-12(15)13(17)18/h6,9,15-17,19-20H,5,7-8,10-11,13-14,18H2,1-4H3,(H,32,39)(H,33,34);3,6,12-14,16-17,26H,2,4-5,7-8,10-11,15H2,1H3,(H,28,34)(H,29,30);7-9H,5-6H2,1-4H3,(H,19,23);2,5,9,11H,1,3-4,7-8,10,15H2. The molecular formula is C82H104ClN27O10. The lowest BCUT2D eigenvalue weighted by atomic mass is 10.0. The number of nitrogens with one attached hydrogen (secondary N) is 6. The predicted molar refractivity (Wildman–Crippen MR) is 452 cm³/mol. The smallest absolute Gasteiger partial charge is 0.415 e. The molecule has 3 unspecified atom stereocenters. The summed E-state index contributed by atoms with van der Waals surface area (Å²) in [7, 11) is 4.86. The van der Waals surface area contributed by atoms with Gasteiger partial charge < -0.3 is 75.5 Å². The Bertz CT molecular complexity index is 5550. The Labute approximate surface area is 698 Å². The highest BCUT2D eigenvalue weighted by Crippen LogP contribution is 2.32. The average molecular weight is 1660 g/mol. The van der Waals surface area contributed by atoms with Crippen molar-refractivity contribution in [2.24, 2.45) is 0 Å². The summed E-state index contributed by atoms with van der Waals surface area (Å²) in [6.45, 7) is 18.0. The lowest BCUT2D eigenvalue weighted by molar-refractivity contribution is 0.0577. The maximum Gasteiger partial charge on any atom is 0.415 e. The number of anilines is 8. The highest BCUT2D eigenvalue weighted by atomic mass is 35.5. The number of piperidine rings is 3. The van der Waals surface area contributed by atoms with E-state index in [1.54, 1.807) is 130 Å². The van der Waals surface area contributed by atoms with E-state index in [9.17, 15) is 38.4 Å². The van der Waals surface area contributed by atoms with Crippen LogP contribution in [0.15, 0.2) is 106 Å². The van der Waals surface area contributed by atoms with Crippen molar-refractivity contribution < 1.29 is 33.4 Å². The van der Waals surface area contributed by atoms with Gasteiger partial charge in [-0.3, -0.25) is 38.6 Å². The van der Waals surface area contributed by atoms with E-state index in [0.29, 0.717) is 89.5 Å². The van der Waals surface area contributed by atoms with Crippen LogP contribution in [0.4, 0.5) is 55.7 Å². The summed E-state index contributed by atoms with van der Waals surface area (Å²) in [4.78, 5) is 125. The largest absolute Gasteiger partial charge is 0.443 e. The molecule has 0 bridgehead atoms. The van der Waals surface area contributed by atoms with Gasteiger partial charge >= 0.3 is 12.2 Å². The number of nitrogens with zero attached hydrogens (tertiary/aromatic N) is 20. The van der Waals surface area contributed by atoms with Crippen molar-refractivity contribution >= 4 is 105 Å². The third-order valence-corrected chi connectivity index (χ3v) is 21.0. The van der Waals surface area contributed by atoms with Crippen LogP contribution in [-0.4, -0.2) is 211 Å². The number of rotatable bonds is 22. The van der Waals surface area contributed by atoms with Crippen LogP contribution in [0, 0.1) is 34.0 Å². The molecule has 9 aromatic heterocycles. The normalized spacial score (nSPS) is 17.5. The highest BCUT2D eigenvalue weighted by molar-refractivity contribution is 6.30. The number of halogens is 1. The predicted octanol–water partition coefficient (Wildman–Crippen LogP) is 9.20. The van der Waals surface area contributed by atoms with Crippen molar-refractivity contribution in [1.82, 2.24) is 88.1 Å². The Hall–Kier alpha value is -12.5. The van der Waals surface area contributed by atoms with Crippen LogP contribution < -0.4 is 64.1 Å². The summed E-state index contributed by atoms with van der Waals surface area (Å²) in [6.07, 6.45) is 21.6. The van der Waals surface area contributed by atoms with Gasteiger partial charge in [-0.25, -0.2) is 24.5 Å². The van der Waals surface area contributed by atoms with Crippen LogP contribution in [0.5, 0.6) is 0 Å². The quantitative estimate of drug-likeness (QED) is 0.0311. The topological polar surface area (TPSA) is 446 Å². The second-order valence-electron chi connectivity index (χ2n) is 32.6. The number of fused-ring (bicyclic) bond motifs is 3. The first-order chi connectivity index (χ1) is 57.5. The Morgan fingerprint density at radius 2 is 0.875 bits per heavy atom. The average Bonchev–Trinajstić information content (AvgIpc) is 1.60. The van der Waals surface area contributed by atoms with Crippen molar-refractivity contribution in [2.75, 3.05) is 112 Å². The summed E-state index contributed by atoms with van der Waals surface area (Å²) in [5.41, 5.74) is 6.74. The lowest BCUT2D eigenvalue weighted by Crippen LogP contribution is -2.40. The Morgan fingerprint density at radius 1 is 0.517 bits per heavy atom. The fraction of sp³-hybridized carbons (Fsp3) is 0.500. The molecule has 5 amide bonds. The first-order valence-corrected chi connectivity index (χ1v) is 40.9. The first kappa shape index (κ1) is 86.8. The van der Waals surface area contributed by atoms with Gasteiger partial charge in [-0.05, 0) is 175 Å². The molecule has 3 aliphatic heterocycles. The molecule has 38 heteroatoms. The molecule has 0 spiro atoms. The SMILES string of the molecule is CN(C(=O)OC(C)(C)C)c1cc(Cl)nc2c(C(=O)NC3CC3)cnn12.CN(C(=O)OC(C)(C)C)c1cc(Nc2cccn(C3CCCN(CCC#N)C3)c2=O)nc2c(C(=O)NC3CC3)cnn12.CNc1cc(Nc2cccn(C3CCCN(CCC#N)C3)c2=O)nc2c(C(=O)NC3CC3)cnn12.N#CCCN1CCCC(n2cccc(N)c2=O)C1. The minimum Gasteiger partial charge on any atom is -0.443 e. The van der Waals surface area contributed by atoms with Gasteiger partial charge in [-0.1, -0.05) is 11.6 Å². The number of amides is 5. The zero-order chi connectivity index (χ0) is 85.7. The molecule has 0 aromatic carbocycles. The van der Waals surface area contributed by atoms with Crippen molar-refractivity contribution in [3.63, 3.8) is 0 Å². The molecule has 120 heavy (non-hydrogen) atoms. The number of nitriles is 3. The third-order valence-electron chi connectivity index (χ3n) is 20.8. The van der Waals surface area contributed by atoms with Crippen LogP contribution in [0.1, 0.15) is 187 Å². The Kier molecular flexibility index (Phi) is 27.8. The number of hydrogen-bond acceptors (Lipinski definition) is 26. The van der Waals surface area contributed by atoms with E-state index in [2.05, 4.69) is 95.1 Å². The van der Waals surface area contributed by atoms with Gasteiger partial charge in [0.1, 0.15) is 73.5 Å². The Balaban J connectivity index is 0.000000153. The summed E-state index contributed by atoms with van der Waals surface area (Å²) in [6, 6.07) is 22.7. The number of nitrogens with two attached hydrogens (primary N) is 1. The van der Waals surface area contributed by atoms with Crippen LogP contribution in [-0.2, 0) is 9.47 Å². The van der Waals surface area contributed by atoms with E-state index in [4.69, 9.17) is 42.6 Å². The highest BCUT2D eigenvalue weighted by Gasteiger charge is 2.34. The second kappa shape index (κ2) is 38.5. The first-order valence-electron chi connectivity index (χ1n) is 40.6. The fourth-order valence-electron chi connectivity index (χ4n) is 14.3. The summed E-state index contributed by atoms with van der Waals surface area (Å²) >= 11 is 6.09. The monoisotopic (exact) mass is 1660 g/mol. The third kappa shape index (κ3) is 22.3. The van der Waals surface area contributed by atoms with Crippen molar-refractivity contribution in [3.05, 3.63) is 145 Å². The van der Waals surface area contributed by atoms with E-state index in [1.165, 1.54) is 43.5 Å². The van der Waals surface area contributed by atoms with Gasteiger partial charge in [0.15, 0.2) is 16.9 Å². The van der Waals surface area contributed by atoms with E-state index in [0.717, 1.165) is 123 Å². The zero-order valence-electron chi connectivity index (χ0n) is 69.1. The molecule has 37 nitrogen and oxygen atoms in total. The van der Waals surface area contributed by atoms with Crippen molar-refractivity contribution in [3.8, 4) is 18.2 Å². The molecule has 3 saturated heterocycles. The van der Waals surface area contributed by atoms with Gasteiger partial charge in [0, 0.05) is 153 Å². The number of likely N-dealkylation sites (tertiary alicyclic amines) is 3. The van der Waals surface area contributed by atoms with E-state index >= 15 is 0 Å². The van der Waals surface area contributed by atoms with Gasteiger partial charge in [0.2, 0.25) is 0 Å². The maximum atomic E-state index is 13.6. The zero-order valence-corrected chi connectivity index (χ0v) is 69.8. The number of carbonyl (C=O) groups is 5. The minimum atomic E-state index is -0.726. The second-order valence-corrected chi connectivity index (χ2v) is 33.0. The van der Waals surface area contributed by atoms with Crippen molar-refractivity contribution in [1.29, 1.82) is 15.8 Å². The molecule has 0 radical (unpaired) electrons. The summed E-state index contributed by atoms with van der Waals surface area (Å²) in [5, 5.41) is 57.7. The number of hydrogen-bond donors (Lipinski definition) is 7. The molecule has 8 N–H and O–H groups in total. The number of carbonyl (C=O) groups excluding carboxylic acids is 5. The van der Waals surface area contributed by atoms with E-state index < -0.39 is 23.4 Å². The van der Waals surface area contributed by atoms with Crippen LogP contribution in [0.3, 0.4) is 0 Å². The lowest BCUT2D eigenvalue weighted by Gasteiger charge is -2.33. The molecule has 634 valence electrons. The molecule has 12 heterocycles. The summed E-state index contributed by atoms with van der Waals surface area (Å²) < 4.78 is 20.5. The van der Waals surface area contributed by atoms with Crippen molar-refractivity contribution in [2.45, 2.75) is 185 Å². The van der Waals surface area contributed by atoms with Gasteiger partial charge in [-0.2, -0.15) is 44.6 Å². The van der Waals surface area contributed by atoms with E-state index in [-0.39, 0.29) is 98.5 Å².